The van der Waals surface area contributed by atoms with Crippen LogP contribution < -0.4 is 35.5 Å². The molecule has 48 heavy (non-hydrogen) atoms. The predicted molar refractivity (Wildman–Crippen MR) is 188 cm³/mol. The molecule has 0 aromatic heterocycles. The van der Waals surface area contributed by atoms with Gasteiger partial charge < -0.3 is 45.1 Å². The second-order valence-corrected chi connectivity index (χ2v) is 11.5. The molecule has 0 radical (unpaired) electrons. The number of benzene rings is 3. The van der Waals surface area contributed by atoms with Crippen LogP contribution in [-0.4, -0.2) is 90.5 Å². The predicted octanol–water partition coefficient (Wildman–Crippen LogP) is 5.10. The largest absolute Gasteiger partial charge is 0.495 e. The van der Waals surface area contributed by atoms with E-state index in [1.807, 2.05) is 44.1 Å². The highest BCUT2D eigenvalue weighted by Gasteiger charge is 2.21. The molecule has 3 aromatic carbocycles. The van der Waals surface area contributed by atoms with Crippen LogP contribution in [0.4, 0.5) is 16.2 Å². The molecule has 12 nitrogen and oxygen atoms in total. The number of anilines is 2. The van der Waals surface area contributed by atoms with Gasteiger partial charge in [0.2, 0.25) is 0 Å². The van der Waals surface area contributed by atoms with Crippen LogP contribution >= 0.6 is 0 Å². The Morgan fingerprint density at radius 1 is 0.812 bits per heavy atom. The van der Waals surface area contributed by atoms with E-state index in [9.17, 15) is 14.4 Å². The molecule has 0 unspecified atom stereocenters. The third-order valence-electron chi connectivity index (χ3n) is 7.30. The van der Waals surface area contributed by atoms with Crippen molar-refractivity contribution in [1.82, 2.24) is 10.2 Å². The number of aryl methyl sites for hydroxylation is 1. The third-order valence-corrected chi connectivity index (χ3v) is 7.30. The molecule has 3 aromatic rings. The van der Waals surface area contributed by atoms with Crippen LogP contribution in [-0.2, 0) is 4.74 Å². The Morgan fingerprint density at radius 2 is 1.56 bits per heavy atom. The van der Waals surface area contributed by atoms with Crippen LogP contribution in [0, 0.1) is 6.92 Å². The Bertz CT molecular complexity index is 1500. The monoisotopic (exact) mass is 663 g/mol. The minimum atomic E-state index is -0.420. The van der Waals surface area contributed by atoms with Crippen molar-refractivity contribution in [2.75, 3.05) is 77.9 Å². The van der Waals surface area contributed by atoms with E-state index in [1.54, 1.807) is 49.5 Å². The zero-order chi connectivity index (χ0) is 34.9. The maximum atomic E-state index is 13.6. The molecule has 3 amide bonds. The van der Waals surface area contributed by atoms with Crippen LogP contribution in [0.2, 0.25) is 0 Å². The summed E-state index contributed by atoms with van der Waals surface area (Å²) in [6.45, 7) is 4.95. The van der Waals surface area contributed by atoms with Gasteiger partial charge in [-0.2, -0.15) is 0 Å². The highest BCUT2D eigenvalue weighted by molar-refractivity contribution is 6.09. The van der Waals surface area contributed by atoms with Gasteiger partial charge in [-0.1, -0.05) is 18.2 Å². The SMILES string of the molecule is COc1cc(C(=O)N(C)c2ccc(C)cc2OCCCCNC(=O)OCCCN(C)C)ccc1NC(=O)c1ccccc1OCCCN. The van der Waals surface area contributed by atoms with Crippen LogP contribution in [0.5, 0.6) is 17.2 Å². The van der Waals surface area contributed by atoms with Crippen LogP contribution in [0.1, 0.15) is 52.0 Å². The molecular weight excluding hydrogens is 614 g/mol. The molecule has 0 atom stereocenters. The Morgan fingerprint density at radius 3 is 2.31 bits per heavy atom. The van der Waals surface area contributed by atoms with Gasteiger partial charge in [0.15, 0.2) is 0 Å². The van der Waals surface area contributed by atoms with E-state index in [0.717, 1.165) is 18.5 Å². The fraction of sp³-hybridized carbons (Fsp3) is 0.417. The Balaban J connectivity index is 1.59. The van der Waals surface area contributed by atoms with Gasteiger partial charge in [-0.25, -0.2) is 4.79 Å². The van der Waals surface area contributed by atoms with E-state index >= 15 is 0 Å². The summed E-state index contributed by atoms with van der Waals surface area (Å²) in [6.07, 6.45) is 2.43. The minimum Gasteiger partial charge on any atom is -0.495 e. The van der Waals surface area contributed by atoms with Gasteiger partial charge in [0.25, 0.3) is 11.8 Å². The fourth-order valence-electron chi connectivity index (χ4n) is 4.68. The number of methoxy groups -OCH3 is 1. The van der Waals surface area contributed by atoms with E-state index in [0.29, 0.717) is 91.9 Å². The van der Waals surface area contributed by atoms with E-state index in [1.165, 1.54) is 12.0 Å². The summed E-state index contributed by atoms with van der Waals surface area (Å²) in [5.74, 6) is 0.695. The van der Waals surface area contributed by atoms with Gasteiger partial charge in [-0.3, -0.25) is 9.59 Å². The zero-order valence-corrected chi connectivity index (χ0v) is 28.7. The van der Waals surface area contributed by atoms with Crippen LogP contribution in [0.25, 0.3) is 0 Å². The number of rotatable bonds is 19. The molecule has 3 rings (SSSR count). The molecule has 0 aliphatic rings. The summed E-state index contributed by atoms with van der Waals surface area (Å²) in [6, 6.07) is 17.5. The van der Waals surface area contributed by atoms with Crippen LogP contribution in [0.15, 0.2) is 60.7 Å². The molecule has 0 spiro atoms. The van der Waals surface area contributed by atoms with Gasteiger partial charge in [0, 0.05) is 25.7 Å². The Labute approximate surface area is 283 Å². The molecule has 260 valence electrons. The van der Waals surface area contributed by atoms with Crippen molar-refractivity contribution in [2.24, 2.45) is 5.73 Å². The van der Waals surface area contributed by atoms with Gasteiger partial charge in [0.1, 0.15) is 17.2 Å². The van der Waals surface area contributed by atoms with Gasteiger partial charge in [0.05, 0.1) is 43.9 Å². The molecule has 0 saturated carbocycles. The van der Waals surface area contributed by atoms with E-state index in [-0.39, 0.29) is 11.8 Å². The number of para-hydroxylation sites is 1. The minimum absolute atomic E-state index is 0.285. The number of alkyl carbamates (subject to hydrolysis) is 1. The standard InChI is InChI=1S/C36H49N5O7/c1-26-14-17-30(33(24-26)47-21-9-8-19-38-36(44)48-23-11-20-40(2)3)41(4)35(43)27-15-16-29(32(25-27)45-5)39-34(42)28-12-6-7-13-31(28)46-22-10-18-37/h6-7,12-17,24-25H,8-11,18-23,37H2,1-5H3,(H,38,44)(H,39,42). The summed E-state index contributed by atoms with van der Waals surface area (Å²) in [5.41, 5.74) is 8.29. The maximum absolute atomic E-state index is 13.6. The number of hydrogen-bond donors (Lipinski definition) is 3. The fourth-order valence-corrected chi connectivity index (χ4v) is 4.68. The van der Waals surface area contributed by atoms with E-state index in [4.69, 9.17) is 24.7 Å². The topological polar surface area (TPSA) is 145 Å². The summed E-state index contributed by atoms with van der Waals surface area (Å²) in [7, 11) is 7.10. The summed E-state index contributed by atoms with van der Waals surface area (Å²) < 4.78 is 22.6. The highest BCUT2D eigenvalue weighted by Crippen LogP contribution is 2.32. The second-order valence-electron chi connectivity index (χ2n) is 11.5. The first kappa shape index (κ1) is 37.6. The summed E-state index contributed by atoms with van der Waals surface area (Å²) in [5, 5.41) is 5.62. The van der Waals surface area contributed by atoms with Gasteiger partial charge in [-0.15, -0.1) is 0 Å². The average Bonchev–Trinajstić information content (AvgIpc) is 3.08. The number of carbonyl (C=O) groups excluding carboxylic acids is 3. The molecule has 0 heterocycles. The lowest BCUT2D eigenvalue weighted by Gasteiger charge is -2.22. The zero-order valence-electron chi connectivity index (χ0n) is 28.7. The van der Waals surface area contributed by atoms with Crippen molar-refractivity contribution in [3.8, 4) is 17.2 Å². The molecular formula is C36H49N5O7. The Kier molecular flexibility index (Phi) is 15.5. The molecule has 0 bridgehead atoms. The molecule has 12 heteroatoms. The summed E-state index contributed by atoms with van der Waals surface area (Å²) in [4.78, 5) is 42.2. The number of hydrogen-bond acceptors (Lipinski definition) is 9. The Hall–Kier alpha value is -4.81. The number of unbranched alkanes of at least 4 members (excludes halogenated alkanes) is 1. The average molecular weight is 664 g/mol. The molecule has 4 N–H and O–H groups in total. The van der Waals surface area contributed by atoms with Crippen molar-refractivity contribution < 1.29 is 33.3 Å². The number of nitrogens with zero attached hydrogens (tertiary/aromatic N) is 2. The van der Waals surface area contributed by atoms with Crippen molar-refractivity contribution in [3.05, 3.63) is 77.4 Å². The second kappa shape index (κ2) is 19.8. The van der Waals surface area contributed by atoms with Crippen molar-refractivity contribution in [3.63, 3.8) is 0 Å². The smallest absolute Gasteiger partial charge is 0.407 e. The third kappa shape index (κ3) is 11.8. The molecule has 0 saturated heterocycles. The molecule has 0 aliphatic carbocycles. The lowest BCUT2D eigenvalue weighted by molar-refractivity contribution is 0.0990. The number of nitrogens with one attached hydrogen (secondary N) is 2. The van der Waals surface area contributed by atoms with E-state index < -0.39 is 6.09 Å². The number of amides is 3. The lowest BCUT2D eigenvalue weighted by Crippen LogP contribution is -2.27. The number of nitrogens with two attached hydrogens (primary N) is 1. The van der Waals surface area contributed by atoms with Crippen molar-refractivity contribution >= 4 is 29.3 Å². The number of ether oxygens (including phenoxy) is 4. The normalized spacial score (nSPS) is 10.7. The van der Waals surface area contributed by atoms with Crippen molar-refractivity contribution in [1.29, 1.82) is 0 Å². The molecule has 0 fully saturated rings. The first-order chi connectivity index (χ1) is 23.1. The van der Waals surface area contributed by atoms with Crippen LogP contribution in [0.3, 0.4) is 0 Å². The van der Waals surface area contributed by atoms with E-state index in [2.05, 4.69) is 10.6 Å². The van der Waals surface area contributed by atoms with Gasteiger partial charge >= 0.3 is 6.09 Å². The molecule has 0 aliphatic heterocycles. The quantitative estimate of drug-likeness (QED) is 0.149. The summed E-state index contributed by atoms with van der Waals surface area (Å²) >= 11 is 0. The first-order valence-corrected chi connectivity index (χ1v) is 16.1. The highest BCUT2D eigenvalue weighted by atomic mass is 16.5. The number of carbonyl (C=O) groups is 3. The van der Waals surface area contributed by atoms with Gasteiger partial charge in [-0.05, 0) is 101 Å². The lowest BCUT2D eigenvalue weighted by atomic mass is 10.1. The first-order valence-electron chi connectivity index (χ1n) is 16.1. The van der Waals surface area contributed by atoms with Crippen molar-refractivity contribution in [2.45, 2.75) is 32.6 Å². The maximum Gasteiger partial charge on any atom is 0.407 e.